The Balaban J connectivity index is 2.07. The van der Waals surface area contributed by atoms with E-state index in [0.29, 0.717) is 0 Å². The minimum atomic E-state index is -4.07. The Bertz CT molecular complexity index is 1370. The van der Waals surface area contributed by atoms with E-state index in [0.717, 1.165) is 10.5 Å². The molecule has 1 heterocycles. The lowest BCUT2D eigenvalue weighted by atomic mass is 9.87. The highest BCUT2D eigenvalue weighted by molar-refractivity contribution is 7.92. The van der Waals surface area contributed by atoms with E-state index in [9.17, 15) is 18.0 Å². The molecule has 35 heavy (non-hydrogen) atoms. The van der Waals surface area contributed by atoms with Gasteiger partial charge in [0.25, 0.3) is 21.8 Å². The van der Waals surface area contributed by atoms with E-state index in [2.05, 4.69) is 11.3 Å². The predicted molar refractivity (Wildman–Crippen MR) is 137 cm³/mol. The number of allylic oxidation sites excluding steroid dienone is 3. The molecule has 1 N–H and O–H groups in total. The number of halogens is 1. The van der Waals surface area contributed by atoms with Gasteiger partial charge in [-0.3, -0.25) is 14.3 Å². The number of fused-ring (bicyclic) bond motifs is 1. The zero-order valence-electron chi connectivity index (χ0n) is 20.2. The number of nitrogens with one attached hydrogen (secondary N) is 1. The van der Waals surface area contributed by atoms with Crippen LogP contribution in [-0.2, 0) is 20.2 Å². The lowest BCUT2D eigenvalue weighted by Gasteiger charge is -2.19. The highest BCUT2D eigenvalue weighted by atomic mass is 35.5. The van der Waals surface area contributed by atoms with Crippen LogP contribution in [0.4, 0.5) is 5.69 Å². The maximum atomic E-state index is 13.4. The second-order valence-electron chi connectivity index (χ2n) is 8.88. The number of nitrogens with zero attached hydrogens (tertiary/aromatic N) is 1. The molecule has 2 aromatic carbocycles. The third-order valence-electron chi connectivity index (χ3n) is 5.48. The number of imide groups is 1. The molecule has 0 aromatic heterocycles. The fourth-order valence-electron chi connectivity index (χ4n) is 3.55. The monoisotopic (exact) mass is 514 g/mol. The van der Waals surface area contributed by atoms with Gasteiger partial charge in [0.05, 0.1) is 39.5 Å². The van der Waals surface area contributed by atoms with Gasteiger partial charge in [-0.1, -0.05) is 63.2 Å². The Morgan fingerprint density at radius 3 is 2.20 bits per heavy atom. The summed E-state index contributed by atoms with van der Waals surface area (Å²) in [6, 6.07) is 9.21. The summed E-state index contributed by atoms with van der Waals surface area (Å²) in [6.45, 7) is 11.6. The third-order valence-corrected chi connectivity index (χ3v) is 7.18. The second-order valence-corrected chi connectivity index (χ2v) is 11.0. The van der Waals surface area contributed by atoms with E-state index in [4.69, 9.17) is 16.3 Å². The quantitative estimate of drug-likeness (QED) is 0.292. The van der Waals surface area contributed by atoms with Crippen LogP contribution in [0, 0.1) is 0 Å². The number of amides is 2. The van der Waals surface area contributed by atoms with Crippen LogP contribution < -0.4 is 4.72 Å². The first-order valence-electron chi connectivity index (χ1n) is 10.7. The summed E-state index contributed by atoms with van der Waals surface area (Å²) in [6.07, 6.45) is 4.83. The Kier molecular flexibility index (Phi) is 7.29. The lowest BCUT2D eigenvalue weighted by Crippen LogP contribution is -2.30. The van der Waals surface area contributed by atoms with Crippen molar-refractivity contribution >= 4 is 39.1 Å². The van der Waals surface area contributed by atoms with Crippen LogP contribution >= 0.6 is 11.6 Å². The van der Waals surface area contributed by atoms with Crippen LogP contribution in [0.5, 0.6) is 0 Å². The Hall–Kier alpha value is -3.36. The molecule has 1 aliphatic heterocycles. The summed E-state index contributed by atoms with van der Waals surface area (Å²) in [5.41, 5.74) is 0.632. The van der Waals surface area contributed by atoms with Gasteiger partial charge in [0.15, 0.2) is 0 Å². The van der Waals surface area contributed by atoms with Gasteiger partial charge < -0.3 is 4.74 Å². The van der Waals surface area contributed by atoms with Crippen molar-refractivity contribution in [2.24, 2.45) is 0 Å². The van der Waals surface area contributed by atoms with Crippen LogP contribution in [-0.4, -0.2) is 32.2 Å². The SMILES string of the molecule is C=C(OC)/C(=C\C=C/C)N1C(=O)c2c(Cl)ccc(NS(=O)(=O)c3ccc(C(C)(C)C)cc3)c2C1=O. The zero-order valence-corrected chi connectivity index (χ0v) is 21.8. The van der Waals surface area contributed by atoms with Crippen molar-refractivity contribution in [2.45, 2.75) is 38.0 Å². The number of carbonyl (C=O) groups is 2. The summed E-state index contributed by atoms with van der Waals surface area (Å²) in [5, 5.41) is 0.0201. The van der Waals surface area contributed by atoms with Gasteiger partial charge in [-0.2, -0.15) is 0 Å². The van der Waals surface area contributed by atoms with Gasteiger partial charge >= 0.3 is 0 Å². The normalized spacial score (nSPS) is 14.5. The number of sulfonamides is 1. The third kappa shape index (κ3) is 5.04. The molecule has 3 rings (SSSR count). The molecule has 2 aromatic rings. The molecule has 0 fully saturated rings. The lowest BCUT2D eigenvalue weighted by molar-refractivity contribution is 0.0695. The minimum Gasteiger partial charge on any atom is -0.495 e. The number of hydrogen-bond donors (Lipinski definition) is 1. The van der Waals surface area contributed by atoms with Crippen LogP contribution in [0.2, 0.25) is 5.02 Å². The molecule has 2 amide bonds. The van der Waals surface area contributed by atoms with Crippen molar-refractivity contribution < 1.29 is 22.7 Å². The van der Waals surface area contributed by atoms with Crippen molar-refractivity contribution in [3.05, 3.63) is 94.4 Å². The average molecular weight is 515 g/mol. The molecular formula is C26H27ClN2O5S. The van der Waals surface area contributed by atoms with Crippen molar-refractivity contribution in [3.8, 4) is 0 Å². The molecule has 0 spiro atoms. The van der Waals surface area contributed by atoms with Crippen LogP contribution in [0.25, 0.3) is 0 Å². The molecule has 0 unspecified atom stereocenters. The molecule has 0 radical (unpaired) electrons. The summed E-state index contributed by atoms with van der Waals surface area (Å²) >= 11 is 6.27. The molecule has 0 bridgehead atoms. The standard InChI is InChI=1S/C26H27ClN2O5S/c1-7-8-9-21(16(2)34-6)29-24(30)22-19(27)14-15-20(23(22)25(29)31)28-35(32,33)18-12-10-17(11-13-18)26(3,4)5/h7-15,28H,2H2,1,3-6H3/b8-7-,21-9+. The molecule has 0 saturated carbocycles. The summed E-state index contributed by atoms with van der Waals surface area (Å²) in [7, 11) is -2.70. The largest absolute Gasteiger partial charge is 0.495 e. The Morgan fingerprint density at radius 2 is 1.66 bits per heavy atom. The number of methoxy groups -OCH3 is 1. The molecule has 0 saturated heterocycles. The van der Waals surface area contributed by atoms with Gasteiger partial charge in [0.1, 0.15) is 5.76 Å². The van der Waals surface area contributed by atoms with Crippen LogP contribution in [0.1, 0.15) is 54.0 Å². The van der Waals surface area contributed by atoms with E-state index in [1.54, 1.807) is 31.2 Å². The first-order chi connectivity index (χ1) is 16.3. The van der Waals surface area contributed by atoms with E-state index in [1.807, 2.05) is 20.8 Å². The Labute approximate surface area is 210 Å². The zero-order chi connectivity index (χ0) is 26.1. The molecule has 184 valence electrons. The number of rotatable bonds is 7. The summed E-state index contributed by atoms with van der Waals surface area (Å²) < 4.78 is 33.9. The number of hydrogen-bond acceptors (Lipinski definition) is 5. The molecular weight excluding hydrogens is 488 g/mol. The van der Waals surface area contributed by atoms with Gasteiger partial charge in [0.2, 0.25) is 0 Å². The molecule has 0 atom stereocenters. The van der Waals surface area contributed by atoms with Crippen LogP contribution in [0.3, 0.4) is 0 Å². The van der Waals surface area contributed by atoms with Gasteiger partial charge in [-0.05, 0) is 48.2 Å². The van der Waals surface area contributed by atoms with E-state index in [1.165, 1.54) is 37.5 Å². The highest BCUT2D eigenvalue weighted by Crippen LogP contribution is 2.38. The topological polar surface area (TPSA) is 92.8 Å². The van der Waals surface area contributed by atoms with Crippen molar-refractivity contribution in [1.29, 1.82) is 0 Å². The van der Waals surface area contributed by atoms with Crippen molar-refractivity contribution in [1.82, 2.24) is 4.90 Å². The van der Waals surface area contributed by atoms with Gasteiger partial charge in [-0.25, -0.2) is 13.3 Å². The smallest absolute Gasteiger partial charge is 0.268 e. The minimum absolute atomic E-state index is 0.0178. The summed E-state index contributed by atoms with van der Waals surface area (Å²) in [5.74, 6) is -1.38. The maximum Gasteiger partial charge on any atom is 0.268 e. The maximum absolute atomic E-state index is 13.4. The highest BCUT2D eigenvalue weighted by Gasteiger charge is 2.42. The fraction of sp³-hybridized carbons (Fsp3) is 0.231. The molecule has 0 aliphatic carbocycles. The first-order valence-corrected chi connectivity index (χ1v) is 12.6. The number of benzene rings is 2. The Morgan fingerprint density at radius 1 is 1.06 bits per heavy atom. The molecule has 7 nitrogen and oxygen atoms in total. The second kappa shape index (κ2) is 9.71. The molecule has 9 heteroatoms. The number of anilines is 1. The van der Waals surface area contributed by atoms with E-state index >= 15 is 0 Å². The van der Waals surface area contributed by atoms with E-state index < -0.39 is 21.8 Å². The van der Waals surface area contributed by atoms with Crippen molar-refractivity contribution in [3.63, 3.8) is 0 Å². The average Bonchev–Trinajstić information content (AvgIpc) is 3.06. The number of carbonyl (C=O) groups excluding carboxylic acids is 2. The fourth-order valence-corrected chi connectivity index (χ4v) is 4.86. The van der Waals surface area contributed by atoms with Crippen LogP contribution in [0.15, 0.2) is 77.6 Å². The predicted octanol–water partition coefficient (Wildman–Crippen LogP) is 5.65. The molecule has 1 aliphatic rings. The summed E-state index contributed by atoms with van der Waals surface area (Å²) in [4.78, 5) is 27.6. The van der Waals surface area contributed by atoms with Crippen molar-refractivity contribution in [2.75, 3.05) is 11.8 Å². The van der Waals surface area contributed by atoms with Gasteiger partial charge in [-0.15, -0.1) is 0 Å². The number of ether oxygens (including phenoxy) is 1. The van der Waals surface area contributed by atoms with E-state index in [-0.39, 0.29) is 43.6 Å². The first kappa shape index (κ1) is 26.2. The van der Waals surface area contributed by atoms with Gasteiger partial charge in [0, 0.05) is 0 Å².